The number of carbonyl (C=O) groups is 1. The first-order valence-corrected chi connectivity index (χ1v) is 9.50. The highest BCUT2D eigenvalue weighted by Gasteiger charge is 2.29. The van der Waals surface area contributed by atoms with Crippen molar-refractivity contribution in [2.45, 2.75) is 6.61 Å². The van der Waals surface area contributed by atoms with Crippen LogP contribution in [0.3, 0.4) is 0 Å². The highest BCUT2D eigenvalue weighted by molar-refractivity contribution is 6.31. The predicted octanol–water partition coefficient (Wildman–Crippen LogP) is 6.04. The molecule has 0 N–H and O–H groups in total. The number of hydrogen-bond donors (Lipinski definition) is 0. The molecule has 1 aliphatic heterocycles. The standard InChI is InChI=1S/C23H16Cl2O3/c24-17-9-5-15(6-10-17)13-27-21-4-2-1-3-19(21)22-20(14-28-23(22)26)16-7-11-18(25)12-8-16/h1-12H,13-14H2. The molecule has 0 spiro atoms. The Morgan fingerprint density at radius 3 is 2.21 bits per heavy atom. The molecule has 4 rings (SSSR count). The number of benzene rings is 3. The van der Waals surface area contributed by atoms with Crippen LogP contribution in [0.15, 0.2) is 72.8 Å². The van der Waals surface area contributed by atoms with Gasteiger partial charge in [-0.2, -0.15) is 0 Å². The summed E-state index contributed by atoms with van der Waals surface area (Å²) in [6.45, 7) is 0.591. The third-order valence-corrected chi connectivity index (χ3v) is 5.01. The molecule has 0 bridgehead atoms. The van der Waals surface area contributed by atoms with Crippen molar-refractivity contribution in [3.63, 3.8) is 0 Å². The number of halogens is 2. The predicted molar refractivity (Wildman–Crippen MR) is 111 cm³/mol. The molecular formula is C23H16Cl2O3. The first kappa shape index (κ1) is 18.6. The largest absolute Gasteiger partial charge is 0.488 e. The van der Waals surface area contributed by atoms with Crippen molar-refractivity contribution < 1.29 is 14.3 Å². The van der Waals surface area contributed by atoms with E-state index in [0.29, 0.717) is 33.5 Å². The minimum Gasteiger partial charge on any atom is -0.488 e. The van der Waals surface area contributed by atoms with Crippen molar-refractivity contribution in [1.29, 1.82) is 0 Å². The van der Waals surface area contributed by atoms with Gasteiger partial charge in [-0.15, -0.1) is 0 Å². The zero-order valence-corrected chi connectivity index (χ0v) is 16.3. The second-order valence-corrected chi connectivity index (χ2v) is 7.22. The second kappa shape index (κ2) is 8.09. The lowest BCUT2D eigenvalue weighted by Gasteiger charge is -2.12. The van der Waals surface area contributed by atoms with Crippen LogP contribution in [0.1, 0.15) is 16.7 Å². The molecule has 28 heavy (non-hydrogen) atoms. The Bertz CT molecular complexity index is 1040. The van der Waals surface area contributed by atoms with Crippen LogP contribution < -0.4 is 4.74 Å². The van der Waals surface area contributed by atoms with Gasteiger partial charge in [0.25, 0.3) is 0 Å². The van der Waals surface area contributed by atoms with E-state index in [1.165, 1.54) is 0 Å². The van der Waals surface area contributed by atoms with E-state index in [0.717, 1.165) is 16.7 Å². The highest BCUT2D eigenvalue weighted by atomic mass is 35.5. The summed E-state index contributed by atoms with van der Waals surface area (Å²) in [6.07, 6.45) is 0. The number of ether oxygens (including phenoxy) is 2. The van der Waals surface area contributed by atoms with Crippen molar-refractivity contribution in [2.24, 2.45) is 0 Å². The molecule has 0 saturated heterocycles. The van der Waals surface area contributed by atoms with Crippen LogP contribution in [0.4, 0.5) is 0 Å². The van der Waals surface area contributed by atoms with Crippen LogP contribution in [0, 0.1) is 0 Å². The summed E-state index contributed by atoms with van der Waals surface area (Å²) in [4.78, 5) is 12.5. The van der Waals surface area contributed by atoms with Gasteiger partial charge < -0.3 is 9.47 Å². The Morgan fingerprint density at radius 2 is 1.50 bits per heavy atom. The van der Waals surface area contributed by atoms with Gasteiger partial charge in [0, 0.05) is 21.2 Å². The van der Waals surface area contributed by atoms with E-state index in [1.807, 2.05) is 60.7 Å². The van der Waals surface area contributed by atoms with Crippen molar-refractivity contribution in [3.8, 4) is 5.75 Å². The molecule has 0 atom stereocenters. The van der Waals surface area contributed by atoms with Crippen molar-refractivity contribution >= 4 is 40.3 Å². The molecule has 0 amide bonds. The maximum absolute atomic E-state index is 12.5. The topological polar surface area (TPSA) is 35.5 Å². The lowest BCUT2D eigenvalue weighted by atomic mass is 9.96. The quantitative estimate of drug-likeness (QED) is 0.480. The molecular weight excluding hydrogens is 395 g/mol. The van der Waals surface area contributed by atoms with Crippen LogP contribution in [-0.2, 0) is 16.1 Å². The molecule has 3 aromatic carbocycles. The van der Waals surface area contributed by atoms with E-state index in [4.69, 9.17) is 32.7 Å². The summed E-state index contributed by atoms with van der Waals surface area (Å²) in [5, 5.41) is 1.32. The lowest BCUT2D eigenvalue weighted by Crippen LogP contribution is -2.03. The van der Waals surface area contributed by atoms with Gasteiger partial charge in [-0.25, -0.2) is 4.79 Å². The number of para-hydroxylation sites is 1. The molecule has 140 valence electrons. The minimum absolute atomic E-state index is 0.224. The molecule has 5 heteroatoms. The van der Waals surface area contributed by atoms with Gasteiger partial charge >= 0.3 is 5.97 Å². The average molecular weight is 411 g/mol. The number of cyclic esters (lactones) is 1. The van der Waals surface area contributed by atoms with Crippen LogP contribution >= 0.6 is 23.2 Å². The maximum Gasteiger partial charge on any atom is 0.339 e. The summed E-state index contributed by atoms with van der Waals surface area (Å²) in [6, 6.07) is 22.3. The fourth-order valence-electron chi connectivity index (χ4n) is 3.10. The summed E-state index contributed by atoms with van der Waals surface area (Å²) in [5.41, 5.74) is 3.94. The minimum atomic E-state index is -0.354. The smallest absolute Gasteiger partial charge is 0.339 e. The molecule has 1 aliphatic rings. The Kier molecular flexibility index (Phi) is 5.38. The van der Waals surface area contributed by atoms with E-state index in [1.54, 1.807) is 12.1 Å². The van der Waals surface area contributed by atoms with E-state index in [-0.39, 0.29) is 12.6 Å². The zero-order valence-electron chi connectivity index (χ0n) is 14.8. The molecule has 0 unspecified atom stereocenters. The van der Waals surface area contributed by atoms with Crippen LogP contribution in [0.2, 0.25) is 10.0 Å². The number of esters is 1. The molecule has 0 radical (unpaired) electrons. The summed E-state index contributed by atoms with van der Waals surface area (Å²) in [5.74, 6) is 0.269. The van der Waals surface area contributed by atoms with Gasteiger partial charge in [-0.05, 0) is 41.5 Å². The summed E-state index contributed by atoms with van der Waals surface area (Å²) in [7, 11) is 0. The van der Waals surface area contributed by atoms with Crippen molar-refractivity contribution in [1.82, 2.24) is 0 Å². The Hall–Kier alpha value is -2.75. The number of hydrogen-bond acceptors (Lipinski definition) is 3. The lowest BCUT2D eigenvalue weighted by molar-refractivity contribution is -0.133. The van der Waals surface area contributed by atoms with Gasteiger partial charge in [-0.1, -0.05) is 65.7 Å². The summed E-state index contributed by atoms with van der Waals surface area (Å²) < 4.78 is 11.4. The maximum atomic E-state index is 12.5. The molecule has 0 fully saturated rings. The normalized spacial score (nSPS) is 13.6. The Labute approximate surface area is 173 Å². The van der Waals surface area contributed by atoms with E-state index >= 15 is 0 Å². The first-order chi connectivity index (χ1) is 13.6. The van der Waals surface area contributed by atoms with Crippen molar-refractivity contribution in [3.05, 3.63) is 99.5 Å². The fourth-order valence-corrected chi connectivity index (χ4v) is 3.35. The number of rotatable bonds is 5. The SMILES string of the molecule is O=C1OCC(c2ccc(Cl)cc2)=C1c1ccccc1OCc1ccc(Cl)cc1. The zero-order chi connectivity index (χ0) is 19.5. The van der Waals surface area contributed by atoms with Crippen LogP contribution in [0.5, 0.6) is 5.75 Å². The molecule has 3 aromatic rings. The van der Waals surface area contributed by atoms with Gasteiger partial charge in [0.15, 0.2) is 0 Å². The van der Waals surface area contributed by atoms with Crippen molar-refractivity contribution in [2.75, 3.05) is 6.61 Å². The fraction of sp³-hybridized carbons (Fsp3) is 0.0870. The third-order valence-electron chi connectivity index (χ3n) is 4.51. The van der Waals surface area contributed by atoms with Gasteiger partial charge in [0.1, 0.15) is 19.0 Å². The highest BCUT2D eigenvalue weighted by Crippen LogP contribution is 2.37. The second-order valence-electron chi connectivity index (χ2n) is 6.35. The third kappa shape index (κ3) is 3.91. The van der Waals surface area contributed by atoms with E-state index in [9.17, 15) is 4.79 Å². The monoisotopic (exact) mass is 410 g/mol. The van der Waals surface area contributed by atoms with E-state index < -0.39 is 0 Å². The van der Waals surface area contributed by atoms with Gasteiger partial charge in [0.05, 0.1) is 5.57 Å². The Balaban J connectivity index is 1.69. The van der Waals surface area contributed by atoms with Crippen LogP contribution in [0.25, 0.3) is 11.1 Å². The average Bonchev–Trinajstić information content (AvgIpc) is 3.09. The molecule has 1 heterocycles. The summed E-state index contributed by atoms with van der Waals surface area (Å²) >= 11 is 11.9. The molecule has 0 saturated carbocycles. The van der Waals surface area contributed by atoms with Crippen LogP contribution in [-0.4, -0.2) is 12.6 Å². The molecule has 0 aliphatic carbocycles. The Morgan fingerprint density at radius 1 is 0.857 bits per heavy atom. The van der Waals surface area contributed by atoms with Gasteiger partial charge in [0.2, 0.25) is 0 Å². The molecule has 0 aromatic heterocycles. The van der Waals surface area contributed by atoms with E-state index in [2.05, 4.69) is 0 Å². The number of carbonyl (C=O) groups excluding carboxylic acids is 1. The first-order valence-electron chi connectivity index (χ1n) is 8.74. The molecule has 3 nitrogen and oxygen atoms in total. The van der Waals surface area contributed by atoms with Gasteiger partial charge in [-0.3, -0.25) is 0 Å².